The zero-order valence-electron chi connectivity index (χ0n) is 12.5. The van der Waals surface area contributed by atoms with Crippen LogP contribution in [0.2, 0.25) is 0 Å². The van der Waals surface area contributed by atoms with Gasteiger partial charge in [0.1, 0.15) is 0 Å². The van der Waals surface area contributed by atoms with Gasteiger partial charge >= 0.3 is 0 Å². The highest BCUT2D eigenvalue weighted by molar-refractivity contribution is 5.95. The van der Waals surface area contributed by atoms with Gasteiger partial charge < -0.3 is 15.2 Å². The number of aromatic nitrogens is 1. The molecule has 0 aromatic carbocycles. The molecular weight excluding hydrogens is 273 g/mol. The van der Waals surface area contributed by atoms with Crippen molar-refractivity contribution in [3.05, 3.63) is 23.6 Å². The highest BCUT2D eigenvalue weighted by atomic mass is 19.1. The number of rotatable bonds is 4. The molecule has 21 heavy (non-hydrogen) atoms. The molecule has 0 bridgehead atoms. The lowest BCUT2D eigenvalue weighted by Crippen LogP contribution is -2.45. The number of carbonyl (C=O) groups excluding carboxylic acids is 1. The smallest absolute Gasteiger partial charge is 0.257 e. The first kappa shape index (κ1) is 15.7. The number of anilines is 1. The molecule has 116 valence electrons. The Morgan fingerprint density at radius 2 is 2.24 bits per heavy atom. The topological polar surface area (TPSA) is 74.5 Å². The molecular formula is C14H22FN5O. The van der Waals surface area contributed by atoms with Crippen LogP contribution in [0.4, 0.5) is 10.2 Å². The lowest BCUT2D eigenvalue weighted by atomic mass is 10.0. The number of nitrogens with two attached hydrogens (primary N) is 1. The number of hydrogen-bond donors (Lipinski definition) is 2. The number of carbonyl (C=O) groups is 1. The van der Waals surface area contributed by atoms with Gasteiger partial charge in [0.2, 0.25) is 0 Å². The second-order valence-electron chi connectivity index (χ2n) is 5.25. The number of amides is 1. The van der Waals surface area contributed by atoms with Gasteiger partial charge in [0.25, 0.3) is 5.91 Å². The Balaban J connectivity index is 2.09. The standard InChI is InChI=1S/C14H22FN5O/c1-3-20-8-5-10(6-9-20)19(2)14(21)11-4-7-17-13(18-16)12(11)15/h4,7,10H,3,5-6,8-9,16H2,1-2H3,(H,17,18). The molecule has 1 fully saturated rings. The minimum Gasteiger partial charge on any atom is -0.339 e. The van der Waals surface area contributed by atoms with Crippen LogP contribution >= 0.6 is 0 Å². The predicted molar refractivity (Wildman–Crippen MR) is 79.2 cm³/mol. The van der Waals surface area contributed by atoms with Crippen molar-refractivity contribution >= 4 is 11.7 Å². The van der Waals surface area contributed by atoms with Crippen LogP contribution in [0.15, 0.2) is 12.3 Å². The van der Waals surface area contributed by atoms with Gasteiger partial charge in [-0.05, 0) is 25.5 Å². The Bertz CT molecular complexity index is 502. The SMILES string of the molecule is CCN1CCC(N(C)C(=O)c2ccnc(NN)c2F)CC1. The summed E-state index contributed by atoms with van der Waals surface area (Å²) in [5.74, 6) is 4.03. The van der Waals surface area contributed by atoms with E-state index in [4.69, 9.17) is 5.84 Å². The summed E-state index contributed by atoms with van der Waals surface area (Å²) in [6.07, 6.45) is 3.19. The summed E-state index contributed by atoms with van der Waals surface area (Å²) >= 11 is 0. The van der Waals surface area contributed by atoms with Gasteiger partial charge in [-0.2, -0.15) is 0 Å². The quantitative estimate of drug-likeness (QED) is 0.642. The lowest BCUT2D eigenvalue weighted by Gasteiger charge is -2.36. The largest absolute Gasteiger partial charge is 0.339 e. The molecule has 2 rings (SSSR count). The van der Waals surface area contributed by atoms with E-state index in [1.165, 1.54) is 12.3 Å². The number of hydrogen-bond acceptors (Lipinski definition) is 5. The fourth-order valence-corrected chi connectivity index (χ4v) is 2.69. The Kier molecular flexibility index (Phi) is 5.08. The van der Waals surface area contributed by atoms with Crippen LogP contribution in [0.1, 0.15) is 30.1 Å². The number of likely N-dealkylation sites (tertiary alicyclic amines) is 1. The van der Waals surface area contributed by atoms with Crippen LogP contribution in [-0.4, -0.2) is 53.4 Å². The summed E-state index contributed by atoms with van der Waals surface area (Å²) in [4.78, 5) is 20.2. The van der Waals surface area contributed by atoms with E-state index < -0.39 is 5.82 Å². The Labute approximate surface area is 124 Å². The molecule has 0 saturated carbocycles. The number of halogens is 1. The molecule has 1 aliphatic rings. The summed E-state index contributed by atoms with van der Waals surface area (Å²) in [7, 11) is 1.73. The van der Waals surface area contributed by atoms with E-state index in [9.17, 15) is 9.18 Å². The molecule has 3 N–H and O–H groups in total. The van der Waals surface area contributed by atoms with Crippen LogP contribution in [-0.2, 0) is 0 Å². The summed E-state index contributed by atoms with van der Waals surface area (Å²) in [5, 5.41) is 0. The summed E-state index contributed by atoms with van der Waals surface area (Å²) in [6, 6.07) is 1.53. The first-order chi connectivity index (χ1) is 10.1. The monoisotopic (exact) mass is 295 g/mol. The van der Waals surface area contributed by atoms with Crippen molar-refractivity contribution in [2.45, 2.75) is 25.8 Å². The third kappa shape index (κ3) is 3.30. The maximum Gasteiger partial charge on any atom is 0.257 e. The molecule has 0 spiro atoms. The van der Waals surface area contributed by atoms with E-state index in [2.05, 4.69) is 22.2 Å². The molecule has 7 heteroatoms. The van der Waals surface area contributed by atoms with Crippen molar-refractivity contribution in [2.24, 2.45) is 5.84 Å². The molecule has 0 atom stereocenters. The van der Waals surface area contributed by atoms with Crippen LogP contribution in [0.5, 0.6) is 0 Å². The van der Waals surface area contributed by atoms with Crippen LogP contribution < -0.4 is 11.3 Å². The van der Waals surface area contributed by atoms with E-state index in [0.717, 1.165) is 32.5 Å². The maximum atomic E-state index is 14.1. The van der Waals surface area contributed by atoms with Crippen LogP contribution in [0, 0.1) is 5.82 Å². The molecule has 6 nitrogen and oxygen atoms in total. The molecule has 1 saturated heterocycles. The third-order valence-corrected chi connectivity index (χ3v) is 4.13. The zero-order chi connectivity index (χ0) is 15.4. The van der Waals surface area contributed by atoms with Crippen LogP contribution in [0.25, 0.3) is 0 Å². The molecule has 1 amide bonds. The van der Waals surface area contributed by atoms with Gasteiger partial charge in [-0.1, -0.05) is 6.92 Å². The van der Waals surface area contributed by atoms with Crippen molar-refractivity contribution in [3.8, 4) is 0 Å². The number of hydrazine groups is 1. The van der Waals surface area contributed by atoms with Gasteiger partial charge in [-0.3, -0.25) is 4.79 Å². The molecule has 0 unspecified atom stereocenters. The lowest BCUT2D eigenvalue weighted by molar-refractivity contribution is 0.0642. The van der Waals surface area contributed by atoms with Crippen molar-refractivity contribution in [2.75, 3.05) is 32.1 Å². The van der Waals surface area contributed by atoms with E-state index in [0.29, 0.717) is 0 Å². The van der Waals surface area contributed by atoms with Gasteiger partial charge in [-0.25, -0.2) is 15.2 Å². The fraction of sp³-hybridized carbons (Fsp3) is 0.571. The average molecular weight is 295 g/mol. The summed E-state index contributed by atoms with van der Waals surface area (Å²) in [6.45, 7) is 5.08. The van der Waals surface area contributed by atoms with Crippen molar-refractivity contribution < 1.29 is 9.18 Å². The number of nitrogen functional groups attached to an aromatic ring is 1. The number of nitrogens with one attached hydrogen (secondary N) is 1. The van der Waals surface area contributed by atoms with E-state index in [1.54, 1.807) is 11.9 Å². The Morgan fingerprint density at radius 3 is 2.81 bits per heavy atom. The highest BCUT2D eigenvalue weighted by Crippen LogP contribution is 2.20. The first-order valence-electron chi connectivity index (χ1n) is 7.19. The number of nitrogens with zero attached hydrogens (tertiary/aromatic N) is 3. The van der Waals surface area contributed by atoms with E-state index >= 15 is 0 Å². The van der Waals surface area contributed by atoms with Crippen molar-refractivity contribution in [1.82, 2.24) is 14.8 Å². The molecule has 1 aliphatic heterocycles. The van der Waals surface area contributed by atoms with E-state index in [-0.39, 0.29) is 23.3 Å². The Morgan fingerprint density at radius 1 is 1.57 bits per heavy atom. The second-order valence-corrected chi connectivity index (χ2v) is 5.25. The van der Waals surface area contributed by atoms with Gasteiger partial charge in [0.05, 0.1) is 5.56 Å². The first-order valence-corrected chi connectivity index (χ1v) is 7.19. The fourth-order valence-electron chi connectivity index (χ4n) is 2.69. The molecule has 0 radical (unpaired) electrons. The highest BCUT2D eigenvalue weighted by Gasteiger charge is 2.27. The second kappa shape index (κ2) is 6.82. The van der Waals surface area contributed by atoms with Crippen LogP contribution in [0.3, 0.4) is 0 Å². The molecule has 2 heterocycles. The molecule has 0 aliphatic carbocycles. The Hall–Kier alpha value is -1.73. The zero-order valence-corrected chi connectivity index (χ0v) is 12.5. The average Bonchev–Trinajstić information content (AvgIpc) is 2.54. The third-order valence-electron chi connectivity index (χ3n) is 4.13. The summed E-state index contributed by atoms with van der Waals surface area (Å²) in [5.41, 5.74) is 2.16. The van der Waals surface area contributed by atoms with Gasteiger partial charge in [-0.15, -0.1) is 0 Å². The maximum absolute atomic E-state index is 14.1. The summed E-state index contributed by atoms with van der Waals surface area (Å²) < 4.78 is 14.1. The van der Waals surface area contributed by atoms with Gasteiger partial charge in [0.15, 0.2) is 11.6 Å². The van der Waals surface area contributed by atoms with Crippen molar-refractivity contribution in [3.63, 3.8) is 0 Å². The molecule has 1 aromatic heterocycles. The van der Waals surface area contributed by atoms with Gasteiger partial charge in [0, 0.05) is 32.4 Å². The number of pyridine rings is 1. The molecule has 1 aromatic rings. The van der Waals surface area contributed by atoms with Crippen molar-refractivity contribution in [1.29, 1.82) is 0 Å². The number of piperidine rings is 1. The minimum absolute atomic E-state index is 0.00151. The minimum atomic E-state index is -0.706. The normalized spacial score (nSPS) is 16.8. The predicted octanol–water partition coefficient (Wildman–Crippen LogP) is 1.06. The van der Waals surface area contributed by atoms with E-state index in [1.807, 2.05) is 0 Å².